The maximum atomic E-state index is 15.2. The number of rotatable bonds is 18. The van der Waals surface area contributed by atoms with Crippen molar-refractivity contribution < 1.29 is 72.2 Å². The second-order valence-electron chi connectivity index (χ2n) is 13.1. The summed E-state index contributed by atoms with van der Waals surface area (Å²) < 4.78 is 99.9. The summed E-state index contributed by atoms with van der Waals surface area (Å²) in [5.74, 6) is -6.61. The zero-order valence-electron chi connectivity index (χ0n) is 32.4. The van der Waals surface area contributed by atoms with E-state index in [0.717, 1.165) is 12.1 Å². The minimum atomic E-state index is -4.30. The van der Waals surface area contributed by atoms with Crippen LogP contribution in [0.2, 0.25) is 5.02 Å². The highest BCUT2D eigenvalue weighted by Crippen LogP contribution is 2.30. The molecule has 5 rings (SSSR count). The second-order valence-corrected chi connectivity index (χ2v) is 13.5. The molecule has 2 N–H and O–H groups in total. The number of hydrogen-bond donors (Lipinski definition) is 2. The summed E-state index contributed by atoms with van der Waals surface area (Å²) in [6.07, 6.45) is 1.39. The molecule has 61 heavy (non-hydrogen) atoms. The first-order valence-corrected chi connectivity index (χ1v) is 17.9. The van der Waals surface area contributed by atoms with E-state index in [1.807, 2.05) is 0 Å². The Bertz CT molecular complexity index is 2270. The van der Waals surface area contributed by atoms with E-state index in [1.165, 1.54) is 81.3 Å². The van der Waals surface area contributed by atoms with E-state index in [-0.39, 0.29) is 55.1 Å². The van der Waals surface area contributed by atoms with Crippen molar-refractivity contribution in [3.8, 4) is 5.75 Å². The highest BCUT2D eigenvalue weighted by molar-refractivity contribution is 6.31. The van der Waals surface area contributed by atoms with Crippen LogP contribution in [0.15, 0.2) is 79.6 Å². The predicted molar refractivity (Wildman–Crippen MR) is 207 cm³/mol. The first-order chi connectivity index (χ1) is 28.0. The number of likely N-dealkylation sites (N-methyl/N-ethyl adjacent to an activating group) is 1. The van der Waals surface area contributed by atoms with Crippen LogP contribution in [0.3, 0.4) is 0 Å². The number of halogens is 9. The van der Waals surface area contributed by atoms with Gasteiger partial charge in [0.15, 0.2) is 12.4 Å². The molecule has 2 unspecified atom stereocenters. The van der Waals surface area contributed by atoms with Crippen LogP contribution in [-0.4, -0.2) is 81.3 Å². The Kier molecular flexibility index (Phi) is 17.9. The van der Waals surface area contributed by atoms with E-state index < -0.39 is 67.6 Å². The smallest absolute Gasteiger partial charge is 0.416 e. The summed E-state index contributed by atoms with van der Waals surface area (Å²) in [6.45, 7) is -0.884. The lowest BCUT2D eigenvalue weighted by Gasteiger charge is -2.26. The van der Waals surface area contributed by atoms with Crippen LogP contribution in [0.4, 0.5) is 36.8 Å². The fraction of sp³-hybridized carbons (Fsp3) is 0.316. The summed E-state index contributed by atoms with van der Waals surface area (Å²) in [5, 5.41) is 23.6. The molecular weight excluding hydrogens is 885 g/mol. The van der Waals surface area contributed by atoms with Crippen LogP contribution in [0, 0.1) is 11.6 Å². The number of ether oxygens (including phenoxy) is 3. The number of aromatic nitrogens is 6. The molecule has 0 radical (unpaired) electrons. The van der Waals surface area contributed by atoms with Crippen molar-refractivity contribution in [3.63, 3.8) is 0 Å². The van der Waals surface area contributed by atoms with Crippen LogP contribution in [-0.2, 0) is 39.6 Å². The molecule has 0 bridgehead atoms. The van der Waals surface area contributed by atoms with Gasteiger partial charge in [-0.1, -0.05) is 41.9 Å². The molecule has 2 atom stereocenters. The molecule has 23 heteroatoms. The highest BCUT2D eigenvalue weighted by atomic mass is 35.5. The lowest BCUT2D eigenvalue weighted by Crippen LogP contribution is -3.00. The van der Waals surface area contributed by atoms with Crippen LogP contribution < -0.4 is 31.9 Å². The molecule has 0 saturated heterocycles. The van der Waals surface area contributed by atoms with Crippen molar-refractivity contribution in [2.24, 2.45) is 0 Å². The van der Waals surface area contributed by atoms with Gasteiger partial charge in [-0.25, -0.2) is 32.0 Å². The zero-order valence-corrected chi connectivity index (χ0v) is 34.7. The zero-order chi connectivity index (χ0) is 42.9. The molecular formula is C38H39Cl3F6N8O6. The summed E-state index contributed by atoms with van der Waals surface area (Å²) in [7, 11) is 3.04. The molecule has 0 aliphatic carbocycles. The van der Waals surface area contributed by atoms with Gasteiger partial charge >= 0.3 is 24.4 Å². The fourth-order valence-electron chi connectivity index (χ4n) is 5.49. The highest BCUT2D eigenvalue weighted by Gasteiger charge is 2.42. The first-order valence-electron chi connectivity index (χ1n) is 17.6. The maximum absolute atomic E-state index is 15.2. The van der Waals surface area contributed by atoms with Crippen molar-refractivity contribution in [2.75, 3.05) is 32.1 Å². The standard InChI is InChI=1S/C38H38ClF6N8O6.2ClH/c1-24(59-36(55)50(3)32-14-27(39)8-7-26(32)17-57-34(54)16-46-2)51-22-48-53(23-51)19-37(56,30-12-9-28(40)15-31(30)41)18-52-21-47-33(49-52)13-6-25-4-10-29(11-5-25)58-20-38(44,45)35(42)43;;/h4-15,21-24,35,46,56H,16-20H2,1-3H3;2*1H/q+1;;/p-1/b13-6+;;. The van der Waals surface area contributed by atoms with Gasteiger partial charge in [0.2, 0.25) is 12.6 Å². The Morgan fingerprint density at radius 1 is 1.05 bits per heavy atom. The number of nitrogens with zero attached hydrogens (tertiary/aromatic N) is 7. The number of hydrogen-bond acceptors (Lipinski definition) is 10. The number of amides is 1. The van der Waals surface area contributed by atoms with Gasteiger partial charge in [0.25, 0.3) is 6.33 Å². The number of esters is 1. The van der Waals surface area contributed by atoms with Crippen LogP contribution in [0.25, 0.3) is 12.2 Å². The summed E-state index contributed by atoms with van der Waals surface area (Å²) in [6, 6.07) is 13.0. The van der Waals surface area contributed by atoms with Gasteiger partial charge in [0, 0.05) is 41.3 Å². The predicted octanol–water partition coefficient (Wildman–Crippen LogP) is 3.21. The monoisotopic (exact) mass is 922 g/mol. The first kappa shape index (κ1) is 49.9. The van der Waals surface area contributed by atoms with Gasteiger partial charge < -0.3 is 37.0 Å². The third kappa shape index (κ3) is 13.5. The molecule has 0 aliphatic rings. The summed E-state index contributed by atoms with van der Waals surface area (Å²) >= 11 is 6.19. The average Bonchev–Trinajstić information content (AvgIpc) is 3.85. The van der Waals surface area contributed by atoms with Gasteiger partial charge in [0.05, 0.1) is 18.8 Å². The van der Waals surface area contributed by atoms with E-state index in [4.69, 9.17) is 25.8 Å². The molecule has 0 fully saturated rings. The Labute approximate surface area is 362 Å². The Morgan fingerprint density at radius 3 is 2.43 bits per heavy atom. The Hall–Kier alpha value is -5.41. The number of anilines is 1. The molecule has 3 aromatic carbocycles. The van der Waals surface area contributed by atoms with E-state index in [9.17, 15) is 36.6 Å². The second kappa shape index (κ2) is 21.9. The molecule has 1 amide bonds. The molecule has 0 spiro atoms. The van der Waals surface area contributed by atoms with Crippen LogP contribution >= 0.6 is 24.0 Å². The third-order valence-corrected chi connectivity index (χ3v) is 8.81. The third-order valence-electron chi connectivity index (χ3n) is 8.57. The largest absolute Gasteiger partial charge is 1.00 e. The molecule has 2 aromatic heterocycles. The van der Waals surface area contributed by atoms with E-state index in [1.54, 1.807) is 32.2 Å². The number of nitrogens with one attached hydrogen (secondary N) is 1. The maximum Gasteiger partial charge on any atom is 0.416 e. The molecule has 0 aliphatic heterocycles. The normalized spacial score (nSPS) is 12.9. The molecule has 14 nitrogen and oxygen atoms in total. The van der Waals surface area contributed by atoms with Crippen molar-refractivity contribution in [2.45, 2.75) is 50.8 Å². The van der Waals surface area contributed by atoms with Crippen LogP contribution in [0.5, 0.6) is 5.75 Å². The number of alkyl halides is 4. The molecule has 0 saturated carbocycles. The molecule has 330 valence electrons. The lowest BCUT2D eigenvalue weighted by atomic mass is 9.93. The van der Waals surface area contributed by atoms with E-state index in [2.05, 4.69) is 20.5 Å². The minimum absolute atomic E-state index is 0. The molecule has 5 aromatic rings. The number of carbonyl (C=O) groups excluding carboxylic acids is 2. The van der Waals surface area contributed by atoms with Gasteiger partial charge in [0.1, 0.15) is 42.5 Å². The lowest BCUT2D eigenvalue weighted by molar-refractivity contribution is -0.753. The van der Waals surface area contributed by atoms with Crippen LogP contribution in [0.1, 0.15) is 35.7 Å². The van der Waals surface area contributed by atoms with Gasteiger partial charge in [-0.2, -0.15) is 18.4 Å². The van der Waals surface area contributed by atoms with Crippen molar-refractivity contribution in [3.05, 3.63) is 119 Å². The average molecular weight is 924 g/mol. The minimum Gasteiger partial charge on any atom is -1.00 e. The van der Waals surface area contributed by atoms with E-state index >= 15 is 4.39 Å². The van der Waals surface area contributed by atoms with Crippen molar-refractivity contribution in [1.82, 2.24) is 29.9 Å². The summed E-state index contributed by atoms with van der Waals surface area (Å²) in [4.78, 5) is 30.5. The topological polar surface area (TPSA) is 150 Å². The van der Waals surface area contributed by atoms with E-state index in [0.29, 0.717) is 27.9 Å². The van der Waals surface area contributed by atoms with Gasteiger partial charge in [-0.3, -0.25) is 9.69 Å². The fourth-order valence-corrected chi connectivity index (χ4v) is 5.66. The SMILES string of the molecule is CNCC(=O)OCc1ccc(Cl)cc1N(C)C(=O)OC(C)[n+]1cnn(CC(O)(Cn2cnc(/C=C/c3ccc(OCC(F)(F)C(F)F)cc3)n2)c2ccc(F)cc2F)c1.Cl.[Cl-]. The Balaban J connectivity index is 0.00000496. The number of benzene rings is 3. The number of carbonyl (C=O) groups is 2. The number of aliphatic hydroxyl groups is 1. The van der Waals surface area contributed by atoms with Gasteiger partial charge in [-0.15, -0.1) is 17.1 Å². The van der Waals surface area contributed by atoms with Crippen molar-refractivity contribution >= 4 is 53.9 Å². The van der Waals surface area contributed by atoms with Gasteiger partial charge in [-0.05, 0) is 49.0 Å². The quantitative estimate of drug-likeness (QED) is 0.0763. The molecule has 2 heterocycles. The van der Waals surface area contributed by atoms with Crippen molar-refractivity contribution in [1.29, 1.82) is 0 Å². The Morgan fingerprint density at radius 2 is 1.75 bits per heavy atom. The summed E-state index contributed by atoms with van der Waals surface area (Å²) in [5.41, 5.74) is -1.02.